The van der Waals surface area contributed by atoms with Gasteiger partial charge in [0.05, 0.1) is 18.6 Å². The highest BCUT2D eigenvalue weighted by molar-refractivity contribution is 5.06. The van der Waals surface area contributed by atoms with Crippen molar-refractivity contribution in [2.45, 2.75) is 33.3 Å². The highest BCUT2D eigenvalue weighted by Crippen LogP contribution is 2.18. The van der Waals surface area contributed by atoms with Gasteiger partial charge >= 0.3 is 0 Å². The van der Waals surface area contributed by atoms with Crippen molar-refractivity contribution in [2.24, 2.45) is 11.8 Å². The third-order valence-corrected chi connectivity index (χ3v) is 2.68. The van der Waals surface area contributed by atoms with E-state index in [-0.39, 0.29) is 6.10 Å². The maximum atomic E-state index is 9.82. The second-order valence-electron chi connectivity index (χ2n) is 4.01. The molecule has 0 bridgehead atoms. The normalized spacial score (nSPS) is 16.1. The quantitative estimate of drug-likeness (QED) is 0.776. The van der Waals surface area contributed by atoms with E-state index in [0.29, 0.717) is 18.3 Å². The number of furan rings is 1. The highest BCUT2D eigenvalue weighted by atomic mass is 16.3. The lowest BCUT2D eigenvalue weighted by Gasteiger charge is -2.21. The first-order valence-corrected chi connectivity index (χ1v) is 4.80. The molecule has 2 unspecified atom stereocenters. The summed E-state index contributed by atoms with van der Waals surface area (Å²) in [4.78, 5) is 0. The van der Waals surface area contributed by atoms with Crippen LogP contribution in [0, 0.1) is 11.8 Å². The predicted octanol–water partition coefficient (Wildman–Crippen LogP) is 2.48. The van der Waals surface area contributed by atoms with Gasteiger partial charge in [0.2, 0.25) is 0 Å². The van der Waals surface area contributed by atoms with E-state index in [1.165, 1.54) is 0 Å². The Labute approximate surface area is 79.6 Å². The molecule has 0 radical (unpaired) electrons. The number of rotatable bonds is 4. The molecule has 0 fully saturated rings. The Hall–Kier alpha value is -0.760. The van der Waals surface area contributed by atoms with E-state index < -0.39 is 0 Å². The largest absolute Gasteiger partial charge is 0.472 e. The average Bonchev–Trinajstić information content (AvgIpc) is 2.55. The van der Waals surface area contributed by atoms with Crippen LogP contribution in [0.15, 0.2) is 23.0 Å². The molecule has 13 heavy (non-hydrogen) atoms. The van der Waals surface area contributed by atoms with Gasteiger partial charge in [-0.3, -0.25) is 0 Å². The molecule has 0 amide bonds. The van der Waals surface area contributed by atoms with E-state index in [1.54, 1.807) is 12.5 Å². The Morgan fingerprint density at radius 2 is 2.08 bits per heavy atom. The van der Waals surface area contributed by atoms with E-state index in [9.17, 15) is 5.11 Å². The molecule has 2 atom stereocenters. The van der Waals surface area contributed by atoms with Crippen molar-refractivity contribution >= 4 is 0 Å². The summed E-state index contributed by atoms with van der Waals surface area (Å²) in [7, 11) is 0. The minimum atomic E-state index is -0.266. The van der Waals surface area contributed by atoms with Gasteiger partial charge in [0.1, 0.15) is 0 Å². The highest BCUT2D eigenvalue weighted by Gasteiger charge is 2.18. The monoisotopic (exact) mass is 182 g/mol. The summed E-state index contributed by atoms with van der Waals surface area (Å²) in [6, 6.07) is 1.90. The molecule has 0 aromatic carbocycles. The van der Waals surface area contributed by atoms with E-state index in [1.807, 2.05) is 6.07 Å². The van der Waals surface area contributed by atoms with Crippen LogP contribution in [-0.2, 0) is 6.42 Å². The van der Waals surface area contributed by atoms with Crippen LogP contribution in [0.5, 0.6) is 0 Å². The zero-order chi connectivity index (χ0) is 9.84. The van der Waals surface area contributed by atoms with Crippen molar-refractivity contribution in [3.8, 4) is 0 Å². The third-order valence-electron chi connectivity index (χ3n) is 2.68. The van der Waals surface area contributed by atoms with Gasteiger partial charge in [-0.15, -0.1) is 0 Å². The van der Waals surface area contributed by atoms with E-state index in [0.717, 1.165) is 5.56 Å². The van der Waals surface area contributed by atoms with Crippen LogP contribution < -0.4 is 0 Å². The maximum absolute atomic E-state index is 9.82. The SMILES string of the molecule is CC(C)C(C)C(O)Cc1ccoc1. The minimum Gasteiger partial charge on any atom is -0.472 e. The fourth-order valence-corrected chi connectivity index (χ4v) is 1.28. The summed E-state index contributed by atoms with van der Waals surface area (Å²) in [5.74, 6) is 0.844. The molecule has 74 valence electrons. The van der Waals surface area contributed by atoms with Gasteiger partial charge in [-0.25, -0.2) is 0 Å². The molecular weight excluding hydrogens is 164 g/mol. The molecule has 1 rings (SSSR count). The van der Waals surface area contributed by atoms with Crippen LogP contribution in [0.3, 0.4) is 0 Å². The van der Waals surface area contributed by atoms with E-state index in [2.05, 4.69) is 20.8 Å². The average molecular weight is 182 g/mol. The zero-order valence-electron chi connectivity index (χ0n) is 8.53. The molecule has 0 saturated carbocycles. The van der Waals surface area contributed by atoms with Crippen molar-refractivity contribution in [3.63, 3.8) is 0 Å². The maximum Gasteiger partial charge on any atom is 0.0935 e. The predicted molar refractivity (Wildman–Crippen MR) is 52.4 cm³/mol. The minimum absolute atomic E-state index is 0.266. The Morgan fingerprint density at radius 3 is 2.54 bits per heavy atom. The Morgan fingerprint density at radius 1 is 1.38 bits per heavy atom. The second kappa shape index (κ2) is 4.47. The molecule has 0 spiro atoms. The first-order valence-electron chi connectivity index (χ1n) is 4.80. The third kappa shape index (κ3) is 2.88. The molecule has 1 N–H and O–H groups in total. The van der Waals surface area contributed by atoms with Gasteiger partial charge in [0.15, 0.2) is 0 Å². The van der Waals surface area contributed by atoms with Crippen LogP contribution in [0.2, 0.25) is 0 Å². The summed E-state index contributed by atoms with van der Waals surface area (Å²) >= 11 is 0. The number of hydrogen-bond acceptors (Lipinski definition) is 2. The van der Waals surface area contributed by atoms with Crippen LogP contribution >= 0.6 is 0 Å². The molecule has 2 nitrogen and oxygen atoms in total. The summed E-state index contributed by atoms with van der Waals surface area (Å²) in [5.41, 5.74) is 1.07. The Bertz CT molecular complexity index is 226. The lowest BCUT2D eigenvalue weighted by atomic mass is 9.89. The lowest BCUT2D eigenvalue weighted by molar-refractivity contribution is 0.0920. The van der Waals surface area contributed by atoms with Gasteiger partial charge in [0, 0.05) is 6.42 Å². The molecule has 0 aliphatic carbocycles. The topological polar surface area (TPSA) is 33.4 Å². The Kier molecular flexibility index (Phi) is 3.55. The number of aliphatic hydroxyl groups excluding tert-OH is 1. The van der Waals surface area contributed by atoms with Crippen molar-refractivity contribution in [1.29, 1.82) is 0 Å². The van der Waals surface area contributed by atoms with Crippen LogP contribution in [-0.4, -0.2) is 11.2 Å². The van der Waals surface area contributed by atoms with Crippen LogP contribution in [0.1, 0.15) is 26.3 Å². The van der Waals surface area contributed by atoms with Crippen molar-refractivity contribution in [2.75, 3.05) is 0 Å². The van der Waals surface area contributed by atoms with E-state index >= 15 is 0 Å². The zero-order valence-corrected chi connectivity index (χ0v) is 8.53. The standard InChI is InChI=1S/C11H18O2/c1-8(2)9(3)11(12)6-10-4-5-13-7-10/h4-5,7-9,11-12H,6H2,1-3H3. The molecule has 1 aromatic heterocycles. The van der Waals surface area contributed by atoms with Gasteiger partial charge in [-0.05, 0) is 23.5 Å². The van der Waals surface area contributed by atoms with Gasteiger partial charge in [-0.2, -0.15) is 0 Å². The molecule has 1 aromatic rings. The second-order valence-corrected chi connectivity index (χ2v) is 4.01. The van der Waals surface area contributed by atoms with Crippen LogP contribution in [0.4, 0.5) is 0 Å². The first-order chi connectivity index (χ1) is 6.11. The number of hydrogen-bond donors (Lipinski definition) is 1. The van der Waals surface area contributed by atoms with E-state index in [4.69, 9.17) is 4.42 Å². The fourth-order valence-electron chi connectivity index (χ4n) is 1.28. The Balaban J connectivity index is 2.45. The van der Waals surface area contributed by atoms with Gasteiger partial charge in [0.25, 0.3) is 0 Å². The molecule has 1 heterocycles. The fraction of sp³-hybridized carbons (Fsp3) is 0.636. The first kappa shape index (κ1) is 10.3. The van der Waals surface area contributed by atoms with Crippen molar-refractivity contribution < 1.29 is 9.52 Å². The summed E-state index contributed by atoms with van der Waals surface area (Å²) in [5, 5.41) is 9.82. The van der Waals surface area contributed by atoms with Crippen LogP contribution in [0.25, 0.3) is 0 Å². The summed E-state index contributed by atoms with van der Waals surface area (Å²) < 4.78 is 4.94. The summed E-state index contributed by atoms with van der Waals surface area (Å²) in [6.45, 7) is 6.34. The molecule has 0 aliphatic heterocycles. The smallest absolute Gasteiger partial charge is 0.0935 e. The van der Waals surface area contributed by atoms with Crippen molar-refractivity contribution in [1.82, 2.24) is 0 Å². The molecule has 2 heteroatoms. The number of aliphatic hydroxyl groups is 1. The van der Waals surface area contributed by atoms with Gasteiger partial charge in [-0.1, -0.05) is 20.8 Å². The molecule has 0 saturated heterocycles. The van der Waals surface area contributed by atoms with Gasteiger partial charge < -0.3 is 9.52 Å². The molecule has 0 aliphatic rings. The van der Waals surface area contributed by atoms with Crippen molar-refractivity contribution in [3.05, 3.63) is 24.2 Å². The lowest BCUT2D eigenvalue weighted by Crippen LogP contribution is -2.24. The molecular formula is C11H18O2. The summed E-state index contributed by atoms with van der Waals surface area (Å²) in [6.07, 6.45) is 3.76.